The molecule has 0 radical (unpaired) electrons. The smallest absolute Gasteiger partial charge is 0.271 e. The van der Waals surface area contributed by atoms with Gasteiger partial charge in [0, 0.05) is 17.2 Å². The lowest BCUT2D eigenvalue weighted by Crippen LogP contribution is -2.11. The average Bonchev–Trinajstić information content (AvgIpc) is 3.05. The van der Waals surface area contributed by atoms with E-state index in [0.29, 0.717) is 23.3 Å². The quantitative estimate of drug-likeness (QED) is 0.764. The van der Waals surface area contributed by atoms with Crippen molar-refractivity contribution in [2.45, 2.75) is 23.0 Å². The Morgan fingerprint density at radius 3 is 2.61 bits per heavy atom. The lowest BCUT2D eigenvalue weighted by Gasteiger charge is -2.06. The van der Waals surface area contributed by atoms with Crippen molar-refractivity contribution in [2.75, 3.05) is 4.72 Å². The first-order valence-corrected chi connectivity index (χ1v) is 9.48. The van der Waals surface area contributed by atoms with E-state index >= 15 is 0 Å². The molecule has 0 saturated heterocycles. The predicted octanol–water partition coefficient (Wildman–Crippen LogP) is 3.48. The molecule has 3 aromatic rings. The van der Waals surface area contributed by atoms with Crippen molar-refractivity contribution in [1.82, 2.24) is 10.1 Å². The van der Waals surface area contributed by atoms with E-state index in [2.05, 4.69) is 14.9 Å². The molecule has 0 amide bonds. The molecule has 0 spiro atoms. The molecule has 1 N–H and O–H groups in total. The third-order valence-corrected chi connectivity index (χ3v) is 6.30. The number of benzene rings is 1. The first-order valence-electron chi connectivity index (χ1n) is 7.12. The van der Waals surface area contributed by atoms with E-state index in [1.54, 1.807) is 41.8 Å². The van der Waals surface area contributed by atoms with Crippen molar-refractivity contribution in [3.8, 4) is 11.4 Å². The molecule has 1 saturated carbocycles. The van der Waals surface area contributed by atoms with Crippen molar-refractivity contribution in [2.24, 2.45) is 0 Å². The summed E-state index contributed by atoms with van der Waals surface area (Å²) in [5.41, 5.74) is 1.28. The van der Waals surface area contributed by atoms with Gasteiger partial charge in [-0.2, -0.15) is 4.98 Å². The molecular formula is C15H13N3O3S2. The van der Waals surface area contributed by atoms with Crippen LogP contribution in [0, 0.1) is 0 Å². The highest BCUT2D eigenvalue weighted by molar-refractivity contribution is 7.94. The molecule has 4 rings (SSSR count). The van der Waals surface area contributed by atoms with Gasteiger partial charge in [0.15, 0.2) is 0 Å². The minimum atomic E-state index is -3.53. The molecule has 118 valence electrons. The molecular weight excluding hydrogens is 334 g/mol. The number of hydrogen-bond acceptors (Lipinski definition) is 6. The van der Waals surface area contributed by atoms with Crippen LogP contribution in [0.2, 0.25) is 0 Å². The van der Waals surface area contributed by atoms with Crippen LogP contribution in [0.15, 0.2) is 50.5 Å². The van der Waals surface area contributed by atoms with E-state index in [1.165, 1.54) is 11.3 Å². The van der Waals surface area contributed by atoms with Gasteiger partial charge in [-0.05, 0) is 48.6 Å². The van der Waals surface area contributed by atoms with E-state index in [-0.39, 0.29) is 4.21 Å². The van der Waals surface area contributed by atoms with E-state index in [0.717, 1.165) is 18.4 Å². The SMILES string of the molecule is O=S(=O)(Nc1ccc(-c2noc(C3CC3)n2)cc1)c1cccs1. The zero-order valence-electron chi connectivity index (χ0n) is 12.0. The molecule has 1 aliphatic carbocycles. The average molecular weight is 347 g/mol. The predicted molar refractivity (Wildman–Crippen MR) is 86.8 cm³/mol. The van der Waals surface area contributed by atoms with Crippen LogP contribution in [0.5, 0.6) is 0 Å². The second-order valence-electron chi connectivity index (χ2n) is 5.35. The number of nitrogens with zero attached hydrogens (tertiary/aromatic N) is 2. The van der Waals surface area contributed by atoms with Crippen LogP contribution in [0.1, 0.15) is 24.7 Å². The van der Waals surface area contributed by atoms with Crippen molar-refractivity contribution in [3.05, 3.63) is 47.7 Å². The standard InChI is InChI=1S/C15H13N3O3S2/c19-23(20,13-2-1-9-22-13)18-12-7-5-10(6-8-12)14-16-15(21-17-14)11-3-4-11/h1-2,5-9,11,18H,3-4H2. The third kappa shape index (κ3) is 2.99. The maximum Gasteiger partial charge on any atom is 0.271 e. The van der Waals surface area contributed by atoms with E-state index in [1.807, 2.05) is 0 Å². The van der Waals surface area contributed by atoms with Gasteiger partial charge in [0.05, 0.1) is 0 Å². The van der Waals surface area contributed by atoms with Gasteiger partial charge in [0.2, 0.25) is 11.7 Å². The Labute approximate surface area is 137 Å². The molecule has 6 nitrogen and oxygen atoms in total. The summed E-state index contributed by atoms with van der Waals surface area (Å²) < 4.78 is 32.4. The highest BCUT2D eigenvalue weighted by Crippen LogP contribution is 2.39. The van der Waals surface area contributed by atoms with Gasteiger partial charge >= 0.3 is 0 Å². The zero-order chi connectivity index (χ0) is 15.9. The fourth-order valence-corrected chi connectivity index (χ4v) is 4.21. The Balaban J connectivity index is 1.53. The summed E-state index contributed by atoms with van der Waals surface area (Å²) in [6.07, 6.45) is 2.20. The number of rotatable bonds is 5. The summed E-state index contributed by atoms with van der Waals surface area (Å²) in [4.78, 5) is 4.37. The van der Waals surface area contributed by atoms with Gasteiger partial charge in [-0.3, -0.25) is 4.72 Å². The van der Waals surface area contributed by atoms with Crippen LogP contribution >= 0.6 is 11.3 Å². The monoisotopic (exact) mass is 347 g/mol. The Bertz CT molecular complexity index is 911. The maximum atomic E-state index is 12.2. The minimum absolute atomic E-state index is 0.286. The summed E-state index contributed by atoms with van der Waals surface area (Å²) >= 11 is 1.18. The number of nitrogens with one attached hydrogen (secondary N) is 1. The number of anilines is 1. The van der Waals surface area contributed by atoms with Gasteiger partial charge in [-0.25, -0.2) is 8.42 Å². The van der Waals surface area contributed by atoms with Crippen LogP contribution in [-0.2, 0) is 10.0 Å². The van der Waals surface area contributed by atoms with Crippen LogP contribution < -0.4 is 4.72 Å². The second kappa shape index (κ2) is 5.47. The normalized spacial score (nSPS) is 14.8. The van der Waals surface area contributed by atoms with Crippen LogP contribution in [0.4, 0.5) is 5.69 Å². The zero-order valence-corrected chi connectivity index (χ0v) is 13.6. The first kappa shape index (κ1) is 14.4. The van der Waals surface area contributed by atoms with Gasteiger partial charge in [0.25, 0.3) is 10.0 Å². The minimum Gasteiger partial charge on any atom is -0.339 e. The van der Waals surface area contributed by atoms with Gasteiger partial charge in [0.1, 0.15) is 4.21 Å². The van der Waals surface area contributed by atoms with Gasteiger partial charge < -0.3 is 4.52 Å². The topological polar surface area (TPSA) is 85.1 Å². The Morgan fingerprint density at radius 2 is 1.96 bits per heavy atom. The molecule has 0 atom stereocenters. The Kier molecular flexibility index (Phi) is 3.42. The molecule has 23 heavy (non-hydrogen) atoms. The lowest BCUT2D eigenvalue weighted by atomic mass is 10.2. The Morgan fingerprint density at radius 1 is 1.17 bits per heavy atom. The molecule has 2 aromatic heterocycles. The highest BCUT2D eigenvalue weighted by atomic mass is 32.2. The van der Waals surface area contributed by atoms with Crippen LogP contribution in [-0.4, -0.2) is 18.6 Å². The summed E-state index contributed by atoms with van der Waals surface area (Å²) in [5, 5.41) is 5.70. The van der Waals surface area contributed by atoms with Gasteiger partial charge in [-0.1, -0.05) is 11.2 Å². The van der Waals surface area contributed by atoms with Gasteiger partial charge in [-0.15, -0.1) is 11.3 Å². The number of hydrogen-bond donors (Lipinski definition) is 1. The molecule has 2 heterocycles. The summed E-state index contributed by atoms with van der Waals surface area (Å²) in [6, 6.07) is 10.2. The molecule has 1 fully saturated rings. The fraction of sp³-hybridized carbons (Fsp3) is 0.200. The Hall–Kier alpha value is -2.19. The van der Waals surface area contributed by atoms with E-state index in [9.17, 15) is 8.42 Å². The number of thiophene rings is 1. The van der Waals surface area contributed by atoms with Crippen LogP contribution in [0.3, 0.4) is 0 Å². The maximum absolute atomic E-state index is 12.2. The third-order valence-electron chi connectivity index (χ3n) is 3.52. The first-order chi connectivity index (χ1) is 11.1. The summed E-state index contributed by atoms with van der Waals surface area (Å²) in [6.45, 7) is 0. The summed E-state index contributed by atoms with van der Waals surface area (Å²) in [5.74, 6) is 1.62. The van der Waals surface area contributed by atoms with Crippen molar-refractivity contribution in [1.29, 1.82) is 0 Å². The van der Waals surface area contributed by atoms with E-state index in [4.69, 9.17) is 4.52 Å². The van der Waals surface area contributed by atoms with Crippen molar-refractivity contribution in [3.63, 3.8) is 0 Å². The molecule has 0 bridgehead atoms. The number of sulfonamides is 1. The van der Waals surface area contributed by atoms with Crippen molar-refractivity contribution < 1.29 is 12.9 Å². The van der Waals surface area contributed by atoms with Crippen molar-refractivity contribution >= 4 is 27.0 Å². The highest BCUT2D eigenvalue weighted by Gasteiger charge is 2.29. The molecule has 1 aromatic carbocycles. The molecule has 0 aliphatic heterocycles. The lowest BCUT2D eigenvalue weighted by molar-refractivity contribution is 0.380. The second-order valence-corrected chi connectivity index (χ2v) is 8.20. The molecule has 0 unspecified atom stereocenters. The largest absolute Gasteiger partial charge is 0.339 e. The van der Waals surface area contributed by atoms with Crippen LogP contribution in [0.25, 0.3) is 11.4 Å². The number of aromatic nitrogens is 2. The molecule has 1 aliphatic rings. The fourth-order valence-electron chi connectivity index (χ4n) is 2.16. The summed E-state index contributed by atoms with van der Waals surface area (Å²) in [7, 11) is -3.53. The molecule has 8 heteroatoms. The van der Waals surface area contributed by atoms with E-state index < -0.39 is 10.0 Å².